The molecule has 0 radical (unpaired) electrons. The first-order chi connectivity index (χ1) is 10.2. The van der Waals surface area contributed by atoms with Crippen LogP contribution in [0.4, 0.5) is 0 Å². The van der Waals surface area contributed by atoms with E-state index in [4.69, 9.17) is 10.5 Å². The van der Waals surface area contributed by atoms with Crippen LogP contribution in [-0.2, 0) is 19.2 Å². The fourth-order valence-corrected chi connectivity index (χ4v) is 1.46. The number of hydroxylamine groups is 1. The zero-order valence-corrected chi connectivity index (χ0v) is 12.8. The van der Waals surface area contributed by atoms with Gasteiger partial charge >= 0.3 is 11.9 Å². The molecule has 0 heterocycles. The lowest BCUT2D eigenvalue weighted by molar-refractivity contribution is -0.156. The second-order valence-electron chi connectivity index (χ2n) is 5.62. The molecule has 1 aromatic rings. The lowest BCUT2D eigenvalue weighted by Gasteiger charge is -2.20. The van der Waals surface area contributed by atoms with E-state index in [2.05, 4.69) is 4.84 Å². The number of hydrogen-bond donors (Lipinski definition) is 2. The highest BCUT2D eigenvalue weighted by Crippen LogP contribution is 2.09. The first-order valence-electron chi connectivity index (χ1n) is 6.72. The van der Waals surface area contributed by atoms with Crippen molar-refractivity contribution in [3.05, 3.63) is 35.9 Å². The molecular formula is C15H20N2O5. The molecule has 0 fully saturated rings. The SMILES string of the molecule is CC(C)(C)OC(=O)CC(N)C(=O)NOC(=O)c1ccccc1. The van der Waals surface area contributed by atoms with Gasteiger partial charge in [-0.05, 0) is 32.9 Å². The van der Waals surface area contributed by atoms with Crippen LogP contribution < -0.4 is 11.2 Å². The van der Waals surface area contributed by atoms with Crippen molar-refractivity contribution < 1.29 is 24.0 Å². The molecule has 0 aliphatic heterocycles. The zero-order chi connectivity index (χ0) is 16.8. The molecule has 1 atom stereocenters. The minimum Gasteiger partial charge on any atom is -0.460 e. The van der Waals surface area contributed by atoms with Gasteiger partial charge in [0.2, 0.25) is 0 Å². The highest BCUT2D eigenvalue weighted by Gasteiger charge is 2.23. The maximum absolute atomic E-state index is 11.7. The largest absolute Gasteiger partial charge is 0.460 e. The highest BCUT2D eigenvalue weighted by atomic mass is 16.7. The van der Waals surface area contributed by atoms with Crippen LogP contribution in [0.25, 0.3) is 0 Å². The van der Waals surface area contributed by atoms with Crippen LogP contribution >= 0.6 is 0 Å². The average Bonchev–Trinajstić information content (AvgIpc) is 2.43. The molecule has 7 nitrogen and oxygen atoms in total. The van der Waals surface area contributed by atoms with Gasteiger partial charge in [0.25, 0.3) is 5.91 Å². The van der Waals surface area contributed by atoms with Crippen LogP contribution in [0.5, 0.6) is 0 Å². The molecule has 7 heteroatoms. The average molecular weight is 308 g/mol. The Balaban J connectivity index is 2.42. The molecule has 1 aromatic carbocycles. The Bertz CT molecular complexity index is 537. The number of rotatable bonds is 4. The molecule has 0 aliphatic carbocycles. The van der Waals surface area contributed by atoms with Gasteiger partial charge in [-0.2, -0.15) is 5.48 Å². The van der Waals surface area contributed by atoms with E-state index in [1.165, 1.54) is 12.1 Å². The standard InChI is InChI=1S/C15H20N2O5/c1-15(2,3)21-12(18)9-11(16)13(19)17-22-14(20)10-7-5-4-6-8-10/h4-8,11H,9,16H2,1-3H3,(H,17,19). The van der Waals surface area contributed by atoms with Crippen LogP contribution in [0, 0.1) is 0 Å². The Kier molecular flexibility index (Phi) is 6.06. The van der Waals surface area contributed by atoms with Gasteiger partial charge in [0, 0.05) is 0 Å². The molecule has 1 unspecified atom stereocenters. The summed E-state index contributed by atoms with van der Waals surface area (Å²) in [6.07, 6.45) is -0.314. The topological polar surface area (TPSA) is 108 Å². The summed E-state index contributed by atoms with van der Waals surface area (Å²) in [4.78, 5) is 39.4. The van der Waals surface area contributed by atoms with Crippen molar-refractivity contribution in [2.24, 2.45) is 5.73 Å². The number of carbonyl (C=O) groups excluding carboxylic acids is 3. The molecule has 120 valence electrons. The van der Waals surface area contributed by atoms with E-state index < -0.39 is 29.5 Å². The van der Waals surface area contributed by atoms with Crippen LogP contribution in [0.3, 0.4) is 0 Å². The van der Waals surface area contributed by atoms with Crippen molar-refractivity contribution in [1.29, 1.82) is 0 Å². The van der Waals surface area contributed by atoms with E-state index in [9.17, 15) is 14.4 Å². The molecule has 0 bridgehead atoms. The van der Waals surface area contributed by atoms with Gasteiger partial charge in [0.1, 0.15) is 5.60 Å². The van der Waals surface area contributed by atoms with Gasteiger partial charge in [0.05, 0.1) is 18.0 Å². The number of esters is 1. The van der Waals surface area contributed by atoms with E-state index in [0.717, 1.165) is 0 Å². The summed E-state index contributed by atoms with van der Waals surface area (Å²) in [6.45, 7) is 5.12. The normalized spacial score (nSPS) is 12.2. The van der Waals surface area contributed by atoms with Crippen molar-refractivity contribution in [1.82, 2.24) is 5.48 Å². The maximum atomic E-state index is 11.7. The summed E-state index contributed by atoms with van der Waals surface area (Å²) in [5.74, 6) is -2.11. The number of amides is 1. The molecule has 3 N–H and O–H groups in total. The van der Waals surface area contributed by atoms with Crippen molar-refractivity contribution in [3.63, 3.8) is 0 Å². The number of benzene rings is 1. The van der Waals surface area contributed by atoms with Gasteiger partial charge in [-0.15, -0.1) is 0 Å². The predicted molar refractivity (Wildman–Crippen MR) is 78.4 cm³/mol. The molecular weight excluding hydrogens is 288 g/mol. The van der Waals surface area contributed by atoms with E-state index in [1.807, 2.05) is 5.48 Å². The van der Waals surface area contributed by atoms with E-state index in [-0.39, 0.29) is 12.0 Å². The third kappa shape index (κ3) is 6.36. The fourth-order valence-electron chi connectivity index (χ4n) is 1.46. The molecule has 0 saturated heterocycles. The second kappa shape index (κ2) is 7.56. The number of ether oxygens (including phenoxy) is 1. The first-order valence-corrected chi connectivity index (χ1v) is 6.72. The van der Waals surface area contributed by atoms with Crippen molar-refractivity contribution in [2.75, 3.05) is 0 Å². The number of carbonyl (C=O) groups is 3. The maximum Gasteiger partial charge on any atom is 0.362 e. The van der Waals surface area contributed by atoms with Gasteiger partial charge < -0.3 is 15.3 Å². The second-order valence-corrected chi connectivity index (χ2v) is 5.62. The number of nitrogens with two attached hydrogens (primary N) is 1. The Morgan fingerprint density at radius 3 is 2.32 bits per heavy atom. The Morgan fingerprint density at radius 1 is 1.18 bits per heavy atom. The molecule has 0 aliphatic rings. The Morgan fingerprint density at radius 2 is 1.77 bits per heavy atom. The Labute approximate surface area is 128 Å². The molecule has 0 saturated carbocycles. The van der Waals surface area contributed by atoms with Crippen molar-refractivity contribution >= 4 is 17.8 Å². The zero-order valence-electron chi connectivity index (χ0n) is 12.8. The minimum absolute atomic E-state index is 0.281. The quantitative estimate of drug-likeness (QED) is 0.633. The highest BCUT2D eigenvalue weighted by molar-refractivity contribution is 5.91. The van der Waals surface area contributed by atoms with E-state index in [0.29, 0.717) is 0 Å². The smallest absolute Gasteiger partial charge is 0.362 e. The summed E-state index contributed by atoms with van der Waals surface area (Å²) < 4.78 is 5.05. The lowest BCUT2D eigenvalue weighted by Crippen LogP contribution is -2.43. The van der Waals surface area contributed by atoms with Crippen molar-refractivity contribution in [2.45, 2.75) is 38.8 Å². The number of hydrogen-bond acceptors (Lipinski definition) is 6. The van der Waals surface area contributed by atoms with E-state index in [1.54, 1.807) is 39.0 Å². The van der Waals surface area contributed by atoms with Crippen LogP contribution in [0.1, 0.15) is 37.6 Å². The van der Waals surface area contributed by atoms with Gasteiger partial charge in [0.15, 0.2) is 0 Å². The third-order valence-corrected chi connectivity index (χ3v) is 2.40. The van der Waals surface area contributed by atoms with Gasteiger partial charge in [-0.1, -0.05) is 18.2 Å². The molecule has 0 spiro atoms. The minimum atomic E-state index is -1.17. The monoisotopic (exact) mass is 308 g/mol. The molecule has 1 amide bonds. The molecule has 1 rings (SSSR count). The fraction of sp³-hybridized carbons (Fsp3) is 0.400. The van der Waals surface area contributed by atoms with Crippen molar-refractivity contribution in [3.8, 4) is 0 Å². The third-order valence-electron chi connectivity index (χ3n) is 2.40. The van der Waals surface area contributed by atoms with Gasteiger partial charge in [-0.25, -0.2) is 4.79 Å². The Hall–Kier alpha value is -2.41. The first kappa shape index (κ1) is 17.6. The summed E-state index contributed by atoms with van der Waals surface area (Å²) >= 11 is 0. The lowest BCUT2D eigenvalue weighted by atomic mass is 10.1. The molecule has 0 aromatic heterocycles. The van der Waals surface area contributed by atoms with E-state index >= 15 is 0 Å². The summed E-state index contributed by atoms with van der Waals surface area (Å²) in [5, 5.41) is 0. The van der Waals surface area contributed by atoms with Crippen LogP contribution in [0.2, 0.25) is 0 Å². The molecule has 22 heavy (non-hydrogen) atoms. The summed E-state index contributed by atoms with van der Waals surface area (Å²) in [7, 11) is 0. The summed E-state index contributed by atoms with van der Waals surface area (Å²) in [5.41, 5.74) is 7.11. The number of nitrogens with one attached hydrogen (secondary N) is 1. The van der Waals surface area contributed by atoms with Gasteiger partial charge in [-0.3, -0.25) is 9.59 Å². The predicted octanol–water partition coefficient (Wildman–Crippen LogP) is 0.934. The summed E-state index contributed by atoms with van der Waals surface area (Å²) in [6, 6.07) is 6.97. The van der Waals surface area contributed by atoms with Crippen LogP contribution in [0.15, 0.2) is 30.3 Å². The van der Waals surface area contributed by atoms with Crippen LogP contribution in [-0.4, -0.2) is 29.5 Å².